The molecule has 0 atom stereocenters. The molecule has 156 valence electrons. The van der Waals surface area contributed by atoms with Crippen LogP contribution in [0.15, 0.2) is 72.8 Å². The first-order chi connectivity index (χ1) is 15.0. The summed E-state index contributed by atoms with van der Waals surface area (Å²) in [6, 6.07) is 21.3. The van der Waals surface area contributed by atoms with E-state index in [-0.39, 0.29) is 30.9 Å². The molecular weight excluding hydrogens is 394 g/mol. The highest BCUT2D eigenvalue weighted by Crippen LogP contribution is 2.34. The Bertz CT molecular complexity index is 1140. The molecule has 0 bridgehead atoms. The normalized spacial score (nSPS) is 12.5. The van der Waals surface area contributed by atoms with Gasteiger partial charge in [-0.1, -0.05) is 36.4 Å². The lowest BCUT2D eigenvalue weighted by atomic mass is 10.1. The van der Waals surface area contributed by atoms with Crippen LogP contribution in [-0.4, -0.2) is 30.9 Å². The van der Waals surface area contributed by atoms with Gasteiger partial charge in [-0.3, -0.25) is 19.3 Å². The maximum Gasteiger partial charge on any atom is 0.265 e. The van der Waals surface area contributed by atoms with E-state index in [1.807, 2.05) is 37.3 Å². The summed E-state index contributed by atoms with van der Waals surface area (Å²) in [4.78, 5) is 39.0. The standard InChI is InChI=1S/C24H21N3O4/c1-16-7-5-6-10-19(16)24(30)26-18-11-12-21-20(13-18)27(23(29)15-31-21)14-22(28)25-17-8-3-2-4-9-17/h2-13H,14-15H2,1H3,(H,25,28)(H,26,30). The largest absolute Gasteiger partial charge is 0.482 e. The van der Waals surface area contributed by atoms with Crippen molar-refractivity contribution in [1.29, 1.82) is 0 Å². The molecule has 0 fully saturated rings. The summed E-state index contributed by atoms with van der Waals surface area (Å²) < 4.78 is 5.49. The number of rotatable bonds is 5. The second kappa shape index (κ2) is 8.71. The Morgan fingerprint density at radius 2 is 1.68 bits per heavy atom. The molecule has 0 saturated carbocycles. The fourth-order valence-electron chi connectivity index (χ4n) is 3.34. The average Bonchev–Trinajstić information content (AvgIpc) is 2.77. The van der Waals surface area contributed by atoms with E-state index in [1.54, 1.807) is 42.5 Å². The Morgan fingerprint density at radius 1 is 0.935 bits per heavy atom. The smallest absolute Gasteiger partial charge is 0.265 e. The van der Waals surface area contributed by atoms with Crippen LogP contribution in [0.4, 0.5) is 17.1 Å². The molecule has 0 spiro atoms. The van der Waals surface area contributed by atoms with Crippen LogP contribution in [0.5, 0.6) is 5.75 Å². The number of nitrogens with one attached hydrogen (secondary N) is 2. The summed E-state index contributed by atoms with van der Waals surface area (Å²) >= 11 is 0. The van der Waals surface area contributed by atoms with E-state index in [2.05, 4.69) is 10.6 Å². The molecule has 7 heteroatoms. The highest BCUT2D eigenvalue weighted by Gasteiger charge is 2.28. The van der Waals surface area contributed by atoms with Crippen molar-refractivity contribution in [3.63, 3.8) is 0 Å². The number of amides is 3. The Hall–Kier alpha value is -4.13. The molecule has 3 amide bonds. The van der Waals surface area contributed by atoms with Crippen molar-refractivity contribution in [2.24, 2.45) is 0 Å². The van der Waals surface area contributed by atoms with Crippen molar-refractivity contribution in [3.8, 4) is 5.75 Å². The van der Waals surface area contributed by atoms with Crippen molar-refractivity contribution in [3.05, 3.63) is 83.9 Å². The maximum atomic E-state index is 12.6. The molecule has 2 N–H and O–H groups in total. The van der Waals surface area contributed by atoms with Crippen LogP contribution in [0, 0.1) is 6.92 Å². The van der Waals surface area contributed by atoms with Gasteiger partial charge in [-0.2, -0.15) is 0 Å². The Kier molecular flexibility index (Phi) is 5.66. The third-order valence-electron chi connectivity index (χ3n) is 4.91. The molecule has 0 radical (unpaired) electrons. The fraction of sp³-hybridized carbons (Fsp3) is 0.125. The first kappa shape index (κ1) is 20.2. The highest BCUT2D eigenvalue weighted by molar-refractivity contribution is 6.07. The molecule has 31 heavy (non-hydrogen) atoms. The summed E-state index contributed by atoms with van der Waals surface area (Å²) in [5.41, 5.74) is 3.00. The fourth-order valence-corrected chi connectivity index (χ4v) is 3.34. The van der Waals surface area contributed by atoms with Gasteiger partial charge in [0.1, 0.15) is 12.3 Å². The number of carbonyl (C=O) groups excluding carboxylic acids is 3. The number of para-hydroxylation sites is 1. The minimum Gasteiger partial charge on any atom is -0.482 e. The number of ether oxygens (including phenoxy) is 1. The van der Waals surface area contributed by atoms with Crippen LogP contribution in [-0.2, 0) is 9.59 Å². The third kappa shape index (κ3) is 4.56. The van der Waals surface area contributed by atoms with Crippen LogP contribution in [0.2, 0.25) is 0 Å². The van der Waals surface area contributed by atoms with Crippen molar-refractivity contribution in [2.75, 3.05) is 28.7 Å². The lowest BCUT2D eigenvalue weighted by Gasteiger charge is -2.29. The molecule has 0 aliphatic carbocycles. The van der Waals surface area contributed by atoms with Crippen LogP contribution in [0.25, 0.3) is 0 Å². The first-order valence-corrected chi connectivity index (χ1v) is 9.80. The summed E-state index contributed by atoms with van der Waals surface area (Å²) in [7, 11) is 0. The summed E-state index contributed by atoms with van der Waals surface area (Å²) in [6.07, 6.45) is 0. The molecule has 3 aromatic carbocycles. The molecule has 0 saturated heterocycles. The highest BCUT2D eigenvalue weighted by atomic mass is 16.5. The topological polar surface area (TPSA) is 87.7 Å². The zero-order valence-electron chi connectivity index (χ0n) is 16.9. The van der Waals surface area contributed by atoms with Gasteiger partial charge < -0.3 is 15.4 Å². The van der Waals surface area contributed by atoms with Gasteiger partial charge in [0, 0.05) is 16.9 Å². The Morgan fingerprint density at radius 3 is 2.45 bits per heavy atom. The molecule has 1 aliphatic rings. The van der Waals surface area contributed by atoms with E-state index in [0.717, 1.165) is 5.56 Å². The van der Waals surface area contributed by atoms with Crippen LogP contribution in [0.3, 0.4) is 0 Å². The summed E-state index contributed by atoms with van der Waals surface area (Å²) in [5.74, 6) is -0.449. The average molecular weight is 415 g/mol. The van der Waals surface area contributed by atoms with Crippen molar-refractivity contribution < 1.29 is 19.1 Å². The molecule has 0 aromatic heterocycles. The molecule has 3 aromatic rings. The zero-order valence-corrected chi connectivity index (χ0v) is 16.9. The number of fused-ring (bicyclic) bond motifs is 1. The lowest BCUT2D eigenvalue weighted by Crippen LogP contribution is -2.43. The van der Waals surface area contributed by atoms with E-state index in [9.17, 15) is 14.4 Å². The number of hydrogen-bond acceptors (Lipinski definition) is 4. The SMILES string of the molecule is Cc1ccccc1C(=O)Nc1ccc2c(c1)N(CC(=O)Nc1ccccc1)C(=O)CO2. The van der Waals surface area contributed by atoms with Gasteiger partial charge in [0.15, 0.2) is 6.61 Å². The quantitative estimate of drug-likeness (QED) is 0.666. The van der Waals surface area contributed by atoms with Gasteiger partial charge in [0.2, 0.25) is 5.91 Å². The number of nitrogens with zero attached hydrogens (tertiary/aromatic N) is 1. The van der Waals surface area contributed by atoms with E-state index in [0.29, 0.717) is 28.4 Å². The van der Waals surface area contributed by atoms with E-state index in [4.69, 9.17) is 4.74 Å². The Labute approximate surface area is 179 Å². The molecule has 4 rings (SSSR count). The second-order valence-corrected chi connectivity index (χ2v) is 7.13. The molecule has 1 heterocycles. The summed E-state index contributed by atoms with van der Waals surface area (Å²) in [6.45, 7) is 1.54. The van der Waals surface area contributed by atoms with E-state index in [1.165, 1.54) is 4.90 Å². The molecule has 0 unspecified atom stereocenters. The monoisotopic (exact) mass is 415 g/mol. The zero-order chi connectivity index (χ0) is 21.8. The van der Waals surface area contributed by atoms with Crippen molar-refractivity contribution >= 4 is 34.8 Å². The van der Waals surface area contributed by atoms with Crippen molar-refractivity contribution in [2.45, 2.75) is 6.92 Å². The number of carbonyl (C=O) groups is 3. The molecule has 1 aliphatic heterocycles. The van der Waals surface area contributed by atoms with E-state index < -0.39 is 0 Å². The van der Waals surface area contributed by atoms with Gasteiger partial charge in [-0.05, 0) is 48.9 Å². The number of aryl methyl sites for hydroxylation is 1. The molecular formula is C24H21N3O4. The van der Waals surface area contributed by atoms with Gasteiger partial charge in [0.25, 0.3) is 11.8 Å². The van der Waals surface area contributed by atoms with Gasteiger partial charge in [-0.25, -0.2) is 0 Å². The predicted octanol–water partition coefficient (Wildman–Crippen LogP) is 3.61. The van der Waals surface area contributed by atoms with Gasteiger partial charge >= 0.3 is 0 Å². The minimum absolute atomic E-state index is 0.152. The van der Waals surface area contributed by atoms with Crippen LogP contribution in [0.1, 0.15) is 15.9 Å². The minimum atomic E-state index is -0.335. The van der Waals surface area contributed by atoms with Gasteiger partial charge in [-0.15, -0.1) is 0 Å². The molecule has 7 nitrogen and oxygen atoms in total. The third-order valence-corrected chi connectivity index (χ3v) is 4.91. The van der Waals surface area contributed by atoms with Crippen LogP contribution >= 0.6 is 0 Å². The number of hydrogen-bond donors (Lipinski definition) is 2. The maximum absolute atomic E-state index is 12.6. The summed E-state index contributed by atoms with van der Waals surface area (Å²) in [5, 5.41) is 5.62. The van der Waals surface area contributed by atoms with Crippen molar-refractivity contribution in [1.82, 2.24) is 0 Å². The Balaban J connectivity index is 1.54. The van der Waals surface area contributed by atoms with Crippen LogP contribution < -0.4 is 20.3 Å². The first-order valence-electron chi connectivity index (χ1n) is 9.80. The number of benzene rings is 3. The van der Waals surface area contributed by atoms with E-state index >= 15 is 0 Å². The number of anilines is 3. The lowest BCUT2D eigenvalue weighted by molar-refractivity contribution is -0.123. The van der Waals surface area contributed by atoms with Gasteiger partial charge in [0.05, 0.1) is 5.69 Å². The predicted molar refractivity (Wildman–Crippen MR) is 118 cm³/mol. The second-order valence-electron chi connectivity index (χ2n) is 7.13.